The van der Waals surface area contributed by atoms with Gasteiger partial charge in [0.05, 0.1) is 29.2 Å². The topological polar surface area (TPSA) is 16.4 Å². The average Bonchev–Trinajstić information content (AvgIpc) is 3.82. The van der Waals surface area contributed by atoms with Gasteiger partial charge in [0.25, 0.3) is 0 Å². The second-order valence-corrected chi connectivity index (χ2v) is 14.2. The molecule has 1 heterocycles. The van der Waals surface area contributed by atoms with Crippen LogP contribution in [0.2, 0.25) is 0 Å². The van der Waals surface area contributed by atoms with Gasteiger partial charge < -0.3 is 9.32 Å². The molecule has 60 heavy (non-hydrogen) atoms. The lowest BCUT2D eigenvalue weighted by atomic mass is 9.95. The van der Waals surface area contributed by atoms with Crippen molar-refractivity contribution in [2.45, 2.75) is 0 Å². The fraction of sp³-hybridized carbons (Fsp3) is 0. The maximum atomic E-state index is 9.89. The predicted molar refractivity (Wildman–Crippen MR) is 253 cm³/mol. The number of fused-ring (bicyclic) bond motifs is 5. The lowest BCUT2D eigenvalue weighted by Gasteiger charge is -2.30. The van der Waals surface area contributed by atoms with E-state index >= 15 is 0 Å². The summed E-state index contributed by atoms with van der Waals surface area (Å²) in [6, 6.07) is 41.6. The van der Waals surface area contributed by atoms with Gasteiger partial charge in [0.2, 0.25) is 0 Å². The van der Waals surface area contributed by atoms with Crippen LogP contribution in [-0.4, -0.2) is 0 Å². The van der Waals surface area contributed by atoms with Gasteiger partial charge >= 0.3 is 0 Å². The highest BCUT2D eigenvalue weighted by Gasteiger charge is 2.23. The summed E-state index contributed by atoms with van der Waals surface area (Å²) in [5, 5.41) is 3.65. The van der Waals surface area contributed by atoms with Crippen molar-refractivity contribution in [3.05, 3.63) is 236 Å². The SMILES string of the molecule is [2H]c1c([2H])c([2H])c(-c2c([2H])c([2H])c(-c3c([2H])c([2H])c(N(c4ccccc4-c4ccc(-c5ccccc5)cc4)c4ccccc4-c4cccc5oc6c7ccccc7ccc6c45)c([2H])c3[2H])c([2H])c2[2H])c([2H])c1[2H]. The van der Waals surface area contributed by atoms with Crippen LogP contribution in [0, 0.1) is 0 Å². The highest BCUT2D eigenvalue weighted by Crippen LogP contribution is 2.48. The van der Waals surface area contributed by atoms with Crippen LogP contribution in [0.25, 0.3) is 88.3 Å². The molecule has 11 rings (SSSR count). The number of hydrogen-bond acceptors (Lipinski definition) is 2. The summed E-state index contributed by atoms with van der Waals surface area (Å²) in [4.78, 5) is 1.70. The largest absolute Gasteiger partial charge is 0.455 e. The van der Waals surface area contributed by atoms with Gasteiger partial charge in [-0.1, -0.05) is 200 Å². The maximum Gasteiger partial charge on any atom is 0.143 e. The molecule has 1 aromatic heterocycles. The van der Waals surface area contributed by atoms with E-state index in [2.05, 4.69) is 0 Å². The number of anilines is 3. The quantitative estimate of drug-likeness (QED) is 0.153. The molecule has 0 aliphatic heterocycles. The van der Waals surface area contributed by atoms with Crippen LogP contribution >= 0.6 is 0 Å². The van der Waals surface area contributed by atoms with Crippen molar-refractivity contribution in [3.63, 3.8) is 0 Å². The Hall–Kier alpha value is -7.94. The molecule has 0 aliphatic carbocycles. The molecule has 0 spiro atoms. The van der Waals surface area contributed by atoms with E-state index < -0.39 is 101 Å². The van der Waals surface area contributed by atoms with Crippen LogP contribution in [0.5, 0.6) is 0 Å². The molecular formula is C58H39NO. The smallest absolute Gasteiger partial charge is 0.143 e. The van der Waals surface area contributed by atoms with E-state index in [-0.39, 0.29) is 5.69 Å². The Morgan fingerprint density at radius 2 is 0.900 bits per heavy atom. The zero-order valence-corrected chi connectivity index (χ0v) is 31.9. The summed E-state index contributed by atoms with van der Waals surface area (Å²) in [6.07, 6.45) is 0. The van der Waals surface area contributed by atoms with Gasteiger partial charge in [0.1, 0.15) is 11.2 Å². The number of nitrogens with zero attached hydrogens (tertiary/aromatic N) is 1. The monoisotopic (exact) mass is 778 g/mol. The molecule has 0 unspecified atom stereocenters. The Morgan fingerprint density at radius 1 is 0.350 bits per heavy atom. The second kappa shape index (κ2) is 15.1. The van der Waals surface area contributed by atoms with Crippen LogP contribution in [0.3, 0.4) is 0 Å². The van der Waals surface area contributed by atoms with Gasteiger partial charge in [-0.25, -0.2) is 0 Å². The van der Waals surface area contributed by atoms with Crippen molar-refractivity contribution >= 4 is 49.8 Å². The molecule has 0 amide bonds. The average molecular weight is 779 g/mol. The highest BCUT2D eigenvalue weighted by molar-refractivity contribution is 6.19. The summed E-state index contributed by atoms with van der Waals surface area (Å²) in [7, 11) is 0. The van der Waals surface area contributed by atoms with Crippen molar-refractivity contribution < 1.29 is 22.2 Å². The van der Waals surface area contributed by atoms with Crippen LogP contribution < -0.4 is 4.90 Å². The van der Waals surface area contributed by atoms with Gasteiger partial charge in [-0.2, -0.15) is 0 Å². The summed E-state index contributed by atoms with van der Waals surface area (Å²) in [5.74, 6) is 0. The number of hydrogen-bond donors (Lipinski definition) is 0. The lowest BCUT2D eigenvalue weighted by molar-refractivity contribution is 0.673. The molecule has 0 bridgehead atoms. The molecule has 0 aliphatic rings. The first-order chi connectivity index (χ1) is 35.2. The molecule has 2 nitrogen and oxygen atoms in total. The lowest BCUT2D eigenvalue weighted by Crippen LogP contribution is -2.12. The first-order valence-corrected chi connectivity index (χ1v) is 19.4. The fourth-order valence-corrected chi connectivity index (χ4v) is 7.91. The predicted octanol–water partition coefficient (Wildman–Crippen LogP) is 16.5. The Balaban J connectivity index is 1.17. The molecule has 0 N–H and O–H groups in total. The molecule has 10 aromatic carbocycles. The van der Waals surface area contributed by atoms with E-state index in [1.807, 2.05) is 158 Å². The van der Waals surface area contributed by atoms with Crippen molar-refractivity contribution in [2.24, 2.45) is 0 Å². The van der Waals surface area contributed by atoms with Crippen molar-refractivity contribution in [3.8, 4) is 55.6 Å². The second-order valence-electron chi connectivity index (χ2n) is 14.2. The summed E-state index contributed by atoms with van der Waals surface area (Å²) >= 11 is 0. The third kappa shape index (κ3) is 6.32. The zero-order valence-electron chi connectivity index (χ0n) is 44.9. The minimum absolute atomic E-state index is 0.166. The molecule has 0 saturated heterocycles. The van der Waals surface area contributed by atoms with Crippen LogP contribution in [0.15, 0.2) is 241 Å². The molecule has 2 heteroatoms. The van der Waals surface area contributed by atoms with E-state index in [1.165, 1.54) is 0 Å². The van der Waals surface area contributed by atoms with Crippen LogP contribution in [0.1, 0.15) is 17.8 Å². The Bertz CT molecular complexity index is 3990. The van der Waals surface area contributed by atoms with Gasteiger partial charge in [0, 0.05) is 33.0 Å². The van der Waals surface area contributed by atoms with E-state index in [0.717, 1.165) is 43.8 Å². The van der Waals surface area contributed by atoms with E-state index in [0.29, 0.717) is 33.7 Å². The third-order valence-corrected chi connectivity index (χ3v) is 10.7. The van der Waals surface area contributed by atoms with Crippen LogP contribution in [-0.2, 0) is 0 Å². The van der Waals surface area contributed by atoms with Crippen molar-refractivity contribution in [1.82, 2.24) is 0 Å². The molecule has 0 fully saturated rings. The normalized spacial score (nSPS) is 14.4. The van der Waals surface area contributed by atoms with Gasteiger partial charge in [-0.05, 0) is 86.2 Å². The van der Waals surface area contributed by atoms with E-state index in [1.54, 1.807) is 4.90 Å². The molecule has 0 saturated carbocycles. The third-order valence-electron chi connectivity index (χ3n) is 10.7. The van der Waals surface area contributed by atoms with E-state index in [4.69, 9.17) is 14.0 Å². The molecule has 11 aromatic rings. The minimum atomic E-state index is -0.785. The number of benzene rings is 10. The summed E-state index contributed by atoms with van der Waals surface area (Å²) in [6.45, 7) is 0. The van der Waals surface area contributed by atoms with Crippen LogP contribution in [0.4, 0.5) is 17.1 Å². The number of furan rings is 1. The maximum absolute atomic E-state index is 9.89. The first kappa shape index (κ1) is 24.1. The Labute approximate surface area is 368 Å². The first-order valence-electron chi connectivity index (χ1n) is 25.9. The fourth-order valence-electron chi connectivity index (χ4n) is 7.91. The molecule has 0 atom stereocenters. The Morgan fingerprint density at radius 3 is 1.63 bits per heavy atom. The number of rotatable bonds is 8. The molecule has 282 valence electrons. The molecular weight excluding hydrogens is 727 g/mol. The zero-order chi connectivity index (χ0) is 51.1. The van der Waals surface area contributed by atoms with Gasteiger partial charge in [-0.3, -0.25) is 0 Å². The Kier molecular flexibility index (Phi) is 6.06. The highest BCUT2D eigenvalue weighted by atomic mass is 16.3. The molecule has 0 radical (unpaired) electrons. The van der Waals surface area contributed by atoms with Gasteiger partial charge in [-0.15, -0.1) is 0 Å². The van der Waals surface area contributed by atoms with Crippen molar-refractivity contribution in [1.29, 1.82) is 0 Å². The summed E-state index contributed by atoms with van der Waals surface area (Å²) in [5.41, 5.74) is 4.94. The van der Waals surface area contributed by atoms with E-state index in [9.17, 15) is 8.22 Å². The minimum Gasteiger partial charge on any atom is -0.455 e. The van der Waals surface area contributed by atoms with Gasteiger partial charge in [0.15, 0.2) is 0 Å². The summed E-state index contributed by atoms with van der Waals surface area (Å²) < 4.78 is 124. The van der Waals surface area contributed by atoms with Crippen molar-refractivity contribution in [2.75, 3.05) is 4.90 Å². The standard InChI is InChI=1S/C58H39NO/c1-3-14-40(15-4-1)42-26-28-44(29-27-42)45-34-37-48(38-35-45)59(54-23-11-9-19-49(54)47-32-30-43(31-33-47)41-16-5-2-6-17-41)55-24-12-10-21-51(55)52-22-13-25-56-57(52)53-39-36-46-18-7-8-20-50(46)58(53)60-56/h1-39H/i1D,3D,4D,14D,15D,26D,27D,28D,29D,34D,35D,37D,38D. The number of para-hydroxylation sites is 2.